The Bertz CT molecular complexity index is 680. The summed E-state index contributed by atoms with van der Waals surface area (Å²) in [5.41, 5.74) is 2.35. The van der Waals surface area contributed by atoms with Crippen molar-refractivity contribution >= 4 is 38.5 Å². The molecular weight excluding hydrogens is 376 g/mol. The molecule has 1 saturated carbocycles. The average molecular weight is 399 g/mol. The van der Waals surface area contributed by atoms with Crippen LogP contribution in [0.4, 0.5) is 5.69 Å². The van der Waals surface area contributed by atoms with Gasteiger partial charge in [0.25, 0.3) is 5.91 Å². The summed E-state index contributed by atoms with van der Waals surface area (Å²) in [6.07, 6.45) is 2.42. The first-order valence-corrected chi connectivity index (χ1v) is 9.94. The van der Waals surface area contributed by atoms with Crippen LogP contribution in [0, 0.1) is 5.92 Å². The van der Waals surface area contributed by atoms with Crippen LogP contribution in [0.5, 0.6) is 0 Å². The van der Waals surface area contributed by atoms with Gasteiger partial charge in [-0.05, 0) is 64.2 Å². The van der Waals surface area contributed by atoms with Crippen molar-refractivity contribution in [3.63, 3.8) is 0 Å². The molecule has 1 amide bonds. The van der Waals surface area contributed by atoms with Crippen LogP contribution < -0.4 is 4.72 Å². The molecule has 1 aromatic carbocycles. The predicted molar refractivity (Wildman–Crippen MR) is 97.7 cm³/mol. The summed E-state index contributed by atoms with van der Waals surface area (Å²) in [4.78, 5) is 14.9. The largest absolute Gasteiger partial charge is 0.331 e. The zero-order chi connectivity index (χ0) is 16.9. The second kappa shape index (κ2) is 5.88. The third-order valence-electron chi connectivity index (χ3n) is 4.55. The standard InChI is InChI=1S/C17H23BrN2O2S/c1-10(11-5-6-11)20-9-12-7-13(18)8-14(15(12)16(20)21)19-23(22)17(2,3)4/h7-8,10-11,19H,5-6,9H2,1-4H3/t10-,23?/m0/s1. The number of nitrogens with one attached hydrogen (secondary N) is 1. The maximum Gasteiger partial charge on any atom is 0.256 e. The van der Waals surface area contributed by atoms with Gasteiger partial charge >= 0.3 is 0 Å². The van der Waals surface area contributed by atoms with Crippen LogP contribution in [-0.4, -0.2) is 25.8 Å². The molecule has 23 heavy (non-hydrogen) atoms. The summed E-state index contributed by atoms with van der Waals surface area (Å²) < 4.78 is 16.0. The fraction of sp³-hybridized carbons (Fsp3) is 0.588. The summed E-state index contributed by atoms with van der Waals surface area (Å²) in [6, 6.07) is 4.12. The van der Waals surface area contributed by atoms with E-state index in [2.05, 4.69) is 27.6 Å². The molecule has 1 aliphatic carbocycles. The molecule has 3 rings (SSSR count). The van der Waals surface area contributed by atoms with E-state index in [-0.39, 0.29) is 11.9 Å². The number of halogens is 1. The fourth-order valence-electron chi connectivity index (χ4n) is 2.94. The lowest BCUT2D eigenvalue weighted by atomic mass is 10.1. The number of hydrogen-bond donors (Lipinski definition) is 1. The molecule has 0 aromatic heterocycles. The van der Waals surface area contributed by atoms with Gasteiger partial charge < -0.3 is 9.62 Å². The van der Waals surface area contributed by atoms with E-state index in [4.69, 9.17) is 0 Å². The highest BCUT2D eigenvalue weighted by molar-refractivity contribution is 9.10. The number of rotatable bonds is 4. The minimum atomic E-state index is -1.26. The van der Waals surface area contributed by atoms with Gasteiger partial charge in [0.2, 0.25) is 0 Å². The van der Waals surface area contributed by atoms with Crippen molar-refractivity contribution in [1.29, 1.82) is 0 Å². The Labute approximate surface area is 148 Å². The quantitative estimate of drug-likeness (QED) is 0.830. The molecule has 0 bridgehead atoms. The van der Waals surface area contributed by atoms with Gasteiger partial charge in [0, 0.05) is 17.1 Å². The van der Waals surface area contributed by atoms with E-state index in [9.17, 15) is 9.00 Å². The molecule has 0 saturated heterocycles. The van der Waals surface area contributed by atoms with Crippen LogP contribution in [0.1, 0.15) is 56.5 Å². The number of benzene rings is 1. The molecule has 1 heterocycles. The normalized spacial score (nSPS) is 20.4. The SMILES string of the molecule is C[C@@H](C1CC1)N1Cc2cc(Br)cc(NS(=O)C(C)(C)C)c2C1=O. The van der Waals surface area contributed by atoms with Crippen LogP contribution in [0.15, 0.2) is 16.6 Å². The second-order valence-corrected chi connectivity index (χ2v) is 10.4. The lowest BCUT2D eigenvalue weighted by Gasteiger charge is -2.24. The van der Waals surface area contributed by atoms with Gasteiger partial charge in [-0.25, -0.2) is 4.21 Å². The monoisotopic (exact) mass is 398 g/mol. The lowest BCUT2D eigenvalue weighted by Crippen LogP contribution is -2.35. The number of hydrogen-bond acceptors (Lipinski definition) is 2. The van der Waals surface area contributed by atoms with Gasteiger partial charge in [-0.3, -0.25) is 4.79 Å². The summed E-state index contributed by atoms with van der Waals surface area (Å²) in [7, 11) is -1.26. The summed E-state index contributed by atoms with van der Waals surface area (Å²) in [5.74, 6) is 0.692. The number of anilines is 1. The molecule has 1 fully saturated rings. The average Bonchev–Trinajstić information content (AvgIpc) is 3.22. The van der Waals surface area contributed by atoms with E-state index in [1.54, 1.807) is 0 Å². The number of nitrogens with zero attached hydrogens (tertiary/aromatic N) is 1. The minimum absolute atomic E-state index is 0.0558. The number of carbonyl (C=O) groups is 1. The Kier molecular flexibility index (Phi) is 4.34. The van der Waals surface area contributed by atoms with Crippen molar-refractivity contribution in [3.8, 4) is 0 Å². The Balaban J connectivity index is 1.93. The topological polar surface area (TPSA) is 49.4 Å². The number of carbonyl (C=O) groups excluding carboxylic acids is 1. The highest BCUT2D eigenvalue weighted by Gasteiger charge is 2.40. The Morgan fingerprint density at radius 3 is 2.57 bits per heavy atom. The van der Waals surface area contributed by atoms with E-state index in [1.165, 1.54) is 12.8 Å². The van der Waals surface area contributed by atoms with Crippen LogP contribution in [0.2, 0.25) is 0 Å². The molecule has 1 aliphatic heterocycles. The zero-order valence-corrected chi connectivity index (χ0v) is 16.4. The first-order valence-electron chi connectivity index (χ1n) is 8.00. The van der Waals surface area contributed by atoms with Crippen LogP contribution >= 0.6 is 15.9 Å². The van der Waals surface area contributed by atoms with Gasteiger partial charge in [-0.1, -0.05) is 15.9 Å². The molecule has 2 aliphatic rings. The highest BCUT2D eigenvalue weighted by Crippen LogP contribution is 2.40. The summed E-state index contributed by atoms with van der Waals surface area (Å²) >= 11 is 3.51. The Morgan fingerprint density at radius 1 is 1.35 bits per heavy atom. The van der Waals surface area contributed by atoms with Crippen LogP contribution in [-0.2, 0) is 17.5 Å². The molecule has 4 nitrogen and oxygen atoms in total. The van der Waals surface area contributed by atoms with Gasteiger partial charge in [0.15, 0.2) is 0 Å². The van der Waals surface area contributed by atoms with E-state index >= 15 is 0 Å². The molecule has 1 N–H and O–H groups in total. The lowest BCUT2D eigenvalue weighted by molar-refractivity contribution is 0.0698. The maximum absolute atomic E-state index is 12.9. The number of amides is 1. The Hall–Kier alpha value is -0.880. The third kappa shape index (κ3) is 3.33. The van der Waals surface area contributed by atoms with E-state index in [0.29, 0.717) is 23.7 Å². The maximum atomic E-state index is 12.9. The summed E-state index contributed by atoms with van der Waals surface area (Å²) in [5, 5.41) is 0. The van der Waals surface area contributed by atoms with Crippen molar-refractivity contribution in [2.75, 3.05) is 4.72 Å². The first-order chi connectivity index (χ1) is 10.7. The zero-order valence-electron chi connectivity index (χ0n) is 14.0. The first kappa shape index (κ1) is 17.0. The van der Waals surface area contributed by atoms with Crippen molar-refractivity contribution in [3.05, 3.63) is 27.7 Å². The Morgan fingerprint density at radius 2 is 2.00 bits per heavy atom. The van der Waals surface area contributed by atoms with Crippen molar-refractivity contribution in [2.45, 2.75) is 57.9 Å². The third-order valence-corrected chi connectivity index (χ3v) is 6.53. The minimum Gasteiger partial charge on any atom is -0.331 e. The smallest absolute Gasteiger partial charge is 0.256 e. The van der Waals surface area contributed by atoms with Crippen molar-refractivity contribution in [1.82, 2.24) is 4.90 Å². The molecule has 6 heteroatoms. The second-order valence-electron chi connectivity index (χ2n) is 7.48. The predicted octanol–water partition coefficient (Wildman–Crippen LogP) is 4.08. The molecule has 1 aromatic rings. The van der Waals surface area contributed by atoms with Gasteiger partial charge in [0.05, 0.1) is 16.0 Å². The van der Waals surface area contributed by atoms with Crippen molar-refractivity contribution in [2.24, 2.45) is 5.92 Å². The molecule has 126 valence electrons. The molecular formula is C17H23BrN2O2S. The van der Waals surface area contributed by atoms with Crippen LogP contribution in [0.25, 0.3) is 0 Å². The number of fused-ring (bicyclic) bond motifs is 1. The molecule has 2 atom stereocenters. The van der Waals surface area contributed by atoms with Gasteiger partial charge in [-0.15, -0.1) is 0 Å². The van der Waals surface area contributed by atoms with E-state index < -0.39 is 15.7 Å². The van der Waals surface area contributed by atoms with Crippen molar-refractivity contribution < 1.29 is 9.00 Å². The molecule has 1 unspecified atom stereocenters. The highest BCUT2D eigenvalue weighted by atomic mass is 79.9. The van der Waals surface area contributed by atoms with E-state index in [0.717, 1.165) is 10.0 Å². The van der Waals surface area contributed by atoms with Gasteiger partial charge in [-0.2, -0.15) is 0 Å². The fourth-order valence-corrected chi connectivity index (χ4v) is 4.11. The van der Waals surface area contributed by atoms with Crippen LogP contribution in [0.3, 0.4) is 0 Å². The van der Waals surface area contributed by atoms with E-state index in [1.807, 2.05) is 37.8 Å². The summed E-state index contributed by atoms with van der Waals surface area (Å²) in [6.45, 7) is 8.52. The van der Waals surface area contributed by atoms with Gasteiger partial charge in [0.1, 0.15) is 11.0 Å². The molecule has 0 spiro atoms. The molecule has 0 radical (unpaired) electrons.